The van der Waals surface area contributed by atoms with E-state index in [9.17, 15) is 8.42 Å². The van der Waals surface area contributed by atoms with E-state index in [1.54, 1.807) is 12.3 Å². The monoisotopic (exact) mass is 307 g/mol. The van der Waals surface area contributed by atoms with E-state index >= 15 is 0 Å². The summed E-state index contributed by atoms with van der Waals surface area (Å²) in [5.41, 5.74) is 0.633. The molecule has 4 rings (SSSR count). The van der Waals surface area contributed by atoms with Crippen molar-refractivity contribution in [2.45, 2.75) is 37.1 Å². The van der Waals surface area contributed by atoms with Gasteiger partial charge in [-0.05, 0) is 55.9 Å². The van der Waals surface area contributed by atoms with Crippen molar-refractivity contribution in [1.29, 1.82) is 0 Å². The van der Waals surface area contributed by atoms with Gasteiger partial charge in [-0.3, -0.25) is 4.98 Å². The van der Waals surface area contributed by atoms with Gasteiger partial charge in [0, 0.05) is 25.0 Å². The SMILES string of the molecule is CCNc1ccncc1S(=O)(=O)NC1C2C3CCC(C3)C12. The van der Waals surface area contributed by atoms with E-state index in [1.807, 2.05) is 6.92 Å². The zero-order valence-corrected chi connectivity index (χ0v) is 12.9. The third-order valence-electron chi connectivity index (χ3n) is 5.47. The minimum Gasteiger partial charge on any atom is -0.384 e. The van der Waals surface area contributed by atoms with Crippen LogP contribution in [0, 0.1) is 23.7 Å². The highest BCUT2D eigenvalue weighted by atomic mass is 32.2. The summed E-state index contributed by atoms with van der Waals surface area (Å²) in [5, 5.41) is 3.10. The highest BCUT2D eigenvalue weighted by Gasteiger charge is 2.65. The van der Waals surface area contributed by atoms with Crippen LogP contribution < -0.4 is 10.0 Å². The van der Waals surface area contributed by atoms with Crippen molar-refractivity contribution in [3.05, 3.63) is 18.5 Å². The van der Waals surface area contributed by atoms with Gasteiger partial charge in [-0.2, -0.15) is 0 Å². The molecule has 21 heavy (non-hydrogen) atoms. The number of pyridine rings is 1. The van der Waals surface area contributed by atoms with Gasteiger partial charge < -0.3 is 5.32 Å². The Kier molecular flexibility index (Phi) is 3.01. The molecule has 3 aliphatic carbocycles. The van der Waals surface area contributed by atoms with E-state index in [0.717, 1.165) is 11.8 Å². The normalized spacial score (nSPS) is 36.5. The molecule has 0 aromatic carbocycles. The van der Waals surface area contributed by atoms with Crippen LogP contribution in [0.15, 0.2) is 23.4 Å². The molecule has 4 unspecified atom stereocenters. The molecule has 0 radical (unpaired) electrons. The predicted molar refractivity (Wildman–Crippen MR) is 80.3 cm³/mol. The van der Waals surface area contributed by atoms with Crippen molar-refractivity contribution in [3.8, 4) is 0 Å². The van der Waals surface area contributed by atoms with Crippen molar-refractivity contribution in [2.24, 2.45) is 23.7 Å². The van der Waals surface area contributed by atoms with Crippen molar-refractivity contribution in [3.63, 3.8) is 0 Å². The topological polar surface area (TPSA) is 71.1 Å². The molecule has 2 N–H and O–H groups in total. The lowest BCUT2D eigenvalue weighted by Crippen LogP contribution is -2.30. The van der Waals surface area contributed by atoms with Crippen molar-refractivity contribution in [2.75, 3.05) is 11.9 Å². The van der Waals surface area contributed by atoms with Crippen LogP contribution in [0.4, 0.5) is 5.69 Å². The molecule has 2 bridgehead atoms. The average Bonchev–Trinajstić information content (AvgIpc) is 2.85. The summed E-state index contributed by atoms with van der Waals surface area (Å²) in [7, 11) is -3.49. The summed E-state index contributed by atoms with van der Waals surface area (Å²) < 4.78 is 28.2. The quantitative estimate of drug-likeness (QED) is 0.871. The summed E-state index contributed by atoms with van der Waals surface area (Å²) in [6.07, 6.45) is 6.96. The third-order valence-corrected chi connectivity index (χ3v) is 6.95. The summed E-state index contributed by atoms with van der Waals surface area (Å²) in [5.74, 6) is 2.71. The van der Waals surface area contributed by atoms with Gasteiger partial charge >= 0.3 is 0 Å². The number of hydrogen-bond acceptors (Lipinski definition) is 4. The maximum Gasteiger partial charge on any atom is 0.244 e. The van der Waals surface area contributed by atoms with Crippen molar-refractivity contribution >= 4 is 15.7 Å². The Morgan fingerprint density at radius 1 is 1.29 bits per heavy atom. The Morgan fingerprint density at radius 3 is 2.67 bits per heavy atom. The first-order valence-corrected chi connectivity index (χ1v) is 9.30. The van der Waals surface area contributed by atoms with Gasteiger partial charge in [0.05, 0.1) is 5.69 Å². The van der Waals surface area contributed by atoms with Crippen LogP contribution in [0.1, 0.15) is 26.2 Å². The Hall–Kier alpha value is -1.14. The molecule has 0 amide bonds. The highest BCUT2D eigenvalue weighted by molar-refractivity contribution is 7.89. The lowest BCUT2D eigenvalue weighted by Gasteiger charge is -2.14. The summed E-state index contributed by atoms with van der Waals surface area (Å²) in [6, 6.07) is 1.88. The standard InChI is InChI=1S/C15H21N3O2S/c1-2-17-11-5-6-16-8-12(11)21(19,20)18-15-13-9-3-4-10(7-9)14(13)15/h5-6,8-10,13-15,18H,2-4,7H2,1H3,(H,16,17). The molecule has 3 saturated carbocycles. The molecule has 3 fully saturated rings. The third kappa shape index (κ3) is 2.07. The van der Waals surface area contributed by atoms with Gasteiger partial charge in [0.15, 0.2) is 0 Å². The zero-order valence-electron chi connectivity index (χ0n) is 12.1. The highest BCUT2D eigenvalue weighted by Crippen LogP contribution is 2.65. The Labute approximate surface area is 125 Å². The van der Waals surface area contributed by atoms with Crippen LogP contribution in [0.25, 0.3) is 0 Å². The van der Waals surface area contributed by atoms with E-state index < -0.39 is 10.0 Å². The fourth-order valence-corrected chi connectivity index (χ4v) is 6.09. The van der Waals surface area contributed by atoms with E-state index in [4.69, 9.17) is 0 Å². The van der Waals surface area contributed by atoms with Gasteiger partial charge in [0.2, 0.25) is 10.0 Å². The van der Waals surface area contributed by atoms with Gasteiger partial charge in [0.1, 0.15) is 4.90 Å². The van der Waals surface area contributed by atoms with Crippen LogP contribution in [-0.4, -0.2) is 26.0 Å². The maximum atomic E-state index is 12.7. The molecule has 0 aliphatic heterocycles. The Balaban J connectivity index is 1.55. The number of sulfonamides is 1. The number of nitrogens with one attached hydrogen (secondary N) is 2. The largest absolute Gasteiger partial charge is 0.384 e. The number of hydrogen-bond donors (Lipinski definition) is 2. The predicted octanol–water partition coefficient (Wildman–Crippen LogP) is 1.84. The molecule has 1 aromatic heterocycles. The molecule has 6 heteroatoms. The molecule has 5 nitrogen and oxygen atoms in total. The van der Waals surface area contributed by atoms with E-state index in [-0.39, 0.29) is 10.9 Å². The van der Waals surface area contributed by atoms with Crippen LogP contribution in [0.5, 0.6) is 0 Å². The molecular weight excluding hydrogens is 286 g/mol. The number of rotatable bonds is 5. The number of aromatic nitrogens is 1. The number of anilines is 1. The smallest absolute Gasteiger partial charge is 0.244 e. The number of nitrogens with zero attached hydrogens (tertiary/aromatic N) is 1. The van der Waals surface area contributed by atoms with E-state index in [1.165, 1.54) is 25.5 Å². The van der Waals surface area contributed by atoms with Crippen molar-refractivity contribution in [1.82, 2.24) is 9.71 Å². The second-order valence-electron chi connectivity index (χ2n) is 6.54. The molecule has 0 saturated heterocycles. The van der Waals surface area contributed by atoms with Gasteiger partial charge in [-0.15, -0.1) is 0 Å². The Morgan fingerprint density at radius 2 is 2.00 bits per heavy atom. The Bertz CT molecular complexity index is 645. The second kappa shape index (κ2) is 4.68. The van der Waals surface area contributed by atoms with Gasteiger partial charge in [-0.25, -0.2) is 13.1 Å². The summed E-state index contributed by atoms with van der Waals surface area (Å²) in [4.78, 5) is 4.24. The summed E-state index contributed by atoms with van der Waals surface area (Å²) in [6.45, 7) is 2.64. The van der Waals surface area contributed by atoms with Gasteiger partial charge in [-0.1, -0.05) is 0 Å². The lowest BCUT2D eigenvalue weighted by molar-refractivity contribution is 0.456. The van der Waals surface area contributed by atoms with Gasteiger partial charge in [0.25, 0.3) is 0 Å². The minimum absolute atomic E-state index is 0.163. The first-order valence-electron chi connectivity index (χ1n) is 7.82. The molecule has 1 aromatic rings. The minimum atomic E-state index is -3.49. The van der Waals surface area contributed by atoms with E-state index in [2.05, 4.69) is 15.0 Å². The van der Waals surface area contributed by atoms with Crippen molar-refractivity contribution < 1.29 is 8.42 Å². The number of fused-ring (bicyclic) bond motifs is 5. The molecule has 4 atom stereocenters. The molecule has 0 spiro atoms. The summed E-state index contributed by atoms with van der Waals surface area (Å²) >= 11 is 0. The molecule has 3 aliphatic rings. The second-order valence-corrected chi connectivity index (χ2v) is 8.22. The average molecular weight is 307 g/mol. The van der Waals surface area contributed by atoms with Crippen LogP contribution in [0.2, 0.25) is 0 Å². The zero-order chi connectivity index (χ0) is 14.6. The molecule has 114 valence electrons. The van der Waals surface area contributed by atoms with Crippen LogP contribution in [-0.2, 0) is 10.0 Å². The first-order chi connectivity index (χ1) is 10.1. The fraction of sp³-hybridized carbons (Fsp3) is 0.667. The van der Waals surface area contributed by atoms with E-state index in [0.29, 0.717) is 24.1 Å². The van der Waals surface area contributed by atoms with Crippen LogP contribution >= 0.6 is 0 Å². The lowest BCUT2D eigenvalue weighted by atomic mass is 10.0. The van der Waals surface area contributed by atoms with Crippen LogP contribution in [0.3, 0.4) is 0 Å². The first kappa shape index (κ1) is 13.5. The molecular formula is C15H21N3O2S. The fourth-order valence-electron chi connectivity index (χ4n) is 4.66. The maximum absolute atomic E-state index is 12.7. The molecule has 1 heterocycles.